The van der Waals surface area contributed by atoms with Crippen LogP contribution in [0.25, 0.3) is 0 Å². The van der Waals surface area contributed by atoms with Crippen molar-refractivity contribution in [2.45, 2.75) is 58.5 Å². The number of rotatable bonds is 9. The summed E-state index contributed by atoms with van der Waals surface area (Å²) < 4.78 is 10.4. The van der Waals surface area contributed by atoms with E-state index in [9.17, 15) is 4.79 Å². The van der Waals surface area contributed by atoms with Crippen molar-refractivity contribution in [2.75, 3.05) is 7.11 Å². The van der Waals surface area contributed by atoms with E-state index in [0.717, 1.165) is 17.7 Å². The molecule has 0 N–H and O–H groups in total. The van der Waals surface area contributed by atoms with Crippen molar-refractivity contribution in [1.82, 2.24) is 0 Å². The van der Waals surface area contributed by atoms with E-state index in [1.54, 1.807) is 7.11 Å². The minimum Gasteiger partial charge on any atom is -0.497 e. The molecular formula is C18H26O3. The molecule has 0 spiro atoms. The van der Waals surface area contributed by atoms with E-state index in [4.69, 9.17) is 9.47 Å². The molecule has 0 aromatic heterocycles. The van der Waals surface area contributed by atoms with Gasteiger partial charge in [-0.15, -0.1) is 0 Å². The van der Waals surface area contributed by atoms with Gasteiger partial charge in [0.25, 0.3) is 0 Å². The Morgan fingerprint density at radius 1 is 1.19 bits per heavy atom. The van der Waals surface area contributed by atoms with E-state index in [-0.39, 0.29) is 5.97 Å². The first-order chi connectivity index (χ1) is 10.2. The van der Waals surface area contributed by atoms with Crippen LogP contribution < -0.4 is 4.74 Å². The van der Waals surface area contributed by atoms with E-state index in [1.165, 1.54) is 32.1 Å². The SMILES string of the molecule is CCCC1(CCCC(=O)OCc2ccc(OC)cc2)CC1. The highest BCUT2D eigenvalue weighted by molar-refractivity contribution is 5.69. The van der Waals surface area contributed by atoms with E-state index >= 15 is 0 Å². The fourth-order valence-corrected chi connectivity index (χ4v) is 2.90. The van der Waals surface area contributed by atoms with Gasteiger partial charge in [0.2, 0.25) is 0 Å². The summed E-state index contributed by atoms with van der Waals surface area (Å²) >= 11 is 0. The van der Waals surface area contributed by atoms with E-state index in [2.05, 4.69) is 6.92 Å². The molecule has 0 heterocycles. The summed E-state index contributed by atoms with van der Waals surface area (Å²) in [4.78, 5) is 11.8. The molecule has 1 aromatic rings. The minimum absolute atomic E-state index is 0.0851. The first-order valence-electron chi connectivity index (χ1n) is 7.96. The second-order valence-corrected chi connectivity index (χ2v) is 6.11. The van der Waals surface area contributed by atoms with Gasteiger partial charge < -0.3 is 9.47 Å². The predicted molar refractivity (Wildman–Crippen MR) is 83.2 cm³/mol. The molecule has 1 aromatic carbocycles. The molecule has 2 rings (SSSR count). The van der Waals surface area contributed by atoms with E-state index < -0.39 is 0 Å². The first kappa shape index (κ1) is 15.9. The quantitative estimate of drug-likeness (QED) is 0.629. The van der Waals surface area contributed by atoms with Gasteiger partial charge >= 0.3 is 5.97 Å². The van der Waals surface area contributed by atoms with Crippen molar-refractivity contribution >= 4 is 5.97 Å². The van der Waals surface area contributed by atoms with Gasteiger partial charge in [-0.3, -0.25) is 4.79 Å². The normalized spacial score (nSPS) is 15.5. The number of ether oxygens (including phenoxy) is 2. The van der Waals surface area contributed by atoms with Gasteiger partial charge in [-0.1, -0.05) is 25.5 Å². The van der Waals surface area contributed by atoms with Crippen LogP contribution in [0.2, 0.25) is 0 Å². The second kappa shape index (κ2) is 7.48. The third-order valence-corrected chi connectivity index (χ3v) is 4.38. The summed E-state index contributed by atoms with van der Waals surface area (Å²) in [5.74, 6) is 0.730. The zero-order valence-electron chi connectivity index (χ0n) is 13.2. The average Bonchev–Trinajstić information content (AvgIpc) is 3.26. The van der Waals surface area contributed by atoms with Gasteiger partial charge in [-0.25, -0.2) is 0 Å². The fourth-order valence-electron chi connectivity index (χ4n) is 2.90. The molecule has 3 heteroatoms. The van der Waals surface area contributed by atoms with E-state index in [1.807, 2.05) is 24.3 Å². The summed E-state index contributed by atoms with van der Waals surface area (Å²) in [6.07, 6.45) is 7.95. The first-order valence-corrected chi connectivity index (χ1v) is 7.96. The Kier molecular flexibility index (Phi) is 5.66. The Bertz CT molecular complexity index is 446. The van der Waals surface area contributed by atoms with Gasteiger partial charge in [0.1, 0.15) is 12.4 Å². The molecule has 1 aliphatic rings. The maximum Gasteiger partial charge on any atom is 0.306 e. The number of methoxy groups -OCH3 is 1. The van der Waals surface area contributed by atoms with Crippen molar-refractivity contribution in [3.63, 3.8) is 0 Å². The fraction of sp³-hybridized carbons (Fsp3) is 0.611. The van der Waals surface area contributed by atoms with Crippen LogP contribution in [0.3, 0.4) is 0 Å². The molecule has 21 heavy (non-hydrogen) atoms. The van der Waals surface area contributed by atoms with Crippen LogP contribution in [0.4, 0.5) is 0 Å². The number of hydrogen-bond acceptors (Lipinski definition) is 3. The molecule has 0 saturated heterocycles. The van der Waals surface area contributed by atoms with Gasteiger partial charge in [0.05, 0.1) is 7.11 Å². The third-order valence-electron chi connectivity index (χ3n) is 4.38. The predicted octanol–water partition coefficient (Wildman–Crippen LogP) is 4.49. The lowest BCUT2D eigenvalue weighted by Gasteiger charge is -2.13. The van der Waals surface area contributed by atoms with Crippen LogP contribution >= 0.6 is 0 Å². The lowest BCUT2D eigenvalue weighted by atomic mass is 9.94. The van der Waals surface area contributed by atoms with Crippen molar-refractivity contribution < 1.29 is 14.3 Å². The van der Waals surface area contributed by atoms with Crippen LogP contribution in [-0.2, 0) is 16.1 Å². The smallest absolute Gasteiger partial charge is 0.306 e. The Balaban J connectivity index is 1.63. The van der Waals surface area contributed by atoms with Gasteiger partial charge in [-0.2, -0.15) is 0 Å². The van der Waals surface area contributed by atoms with Crippen LogP contribution in [0.1, 0.15) is 57.4 Å². The van der Waals surface area contributed by atoms with Crippen LogP contribution in [0.15, 0.2) is 24.3 Å². The summed E-state index contributed by atoms with van der Waals surface area (Å²) in [5.41, 5.74) is 1.57. The molecule has 1 saturated carbocycles. The van der Waals surface area contributed by atoms with Gasteiger partial charge in [-0.05, 0) is 55.2 Å². The number of hydrogen-bond donors (Lipinski definition) is 0. The highest BCUT2D eigenvalue weighted by Crippen LogP contribution is 2.53. The lowest BCUT2D eigenvalue weighted by Crippen LogP contribution is -2.06. The van der Waals surface area contributed by atoms with E-state index in [0.29, 0.717) is 18.4 Å². The maximum absolute atomic E-state index is 11.8. The molecule has 1 aliphatic carbocycles. The topological polar surface area (TPSA) is 35.5 Å². The molecule has 116 valence electrons. The van der Waals surface area contributed by atoms with Crippen molar-refractivity contribution in [2.24, 2.45) is 5.41 Å². The zero-order valence-corrected chi connectivity index (χ0v) is 13.2. The van der Waals surface area contributed by atoms with Crippen LogP contribution in [-0.4, -0.2) is 13.1 Å². The number of benzene rings is 1. The summed E-state index contributed by atoms with van der Waals surface area (Å²) in [6, 6.07) is 7.61. The third kappa shape index (κ3) is 5.07. The maximum atomic E-state index is 11.8. The molecule has 0 unspecified atom stereocenters. The molecule has 0 aliphatic heterocycles. The van der Waals surface area contributed by atoms with Crippen LogP contribution in [0, 0.1) is 5.41 Å². The molecular weight excluding hydrogens is 264 g/mol. The Hall–Kier alpha value is -1.51. The molecule has 0 atom stereocenters. The molecule has 0 radical (unpaired) electrons. The Morgan fingerprint density at radius 2 is 1.90 bits per heavy atom. The lowest BCUT2D eigenvalue weighted by molar-refractivity contribution is -0.145. The number of esters is 1. The highest BCUT2D eigenvalue weighted by Gasteiger charge is 2.40. The van der Waals surface area contributed by atoms with Crippen LogP contribution in [0.5, 0.6) is 5.75 Å². The summed E-state index contributed by atoms with van der Waals surface area (Å²) in [5, 5.41) is 0. The Morgan fingerprint density at radius 3 is 2.48 bits per heavy atom. The molecule has 1 fully saturated rings. The van der Waals surface area contributed by atoms with Gasteiger partial charge in [0, 0.05) is 6.42 Å². The largest absolute Gasteiger partial charge is 0.497 e. The summed E-state index contributed by atoms with van der Waals surface area (Å²) in [7, 11) is 1.64. The molecule has 0 amide bonds. The zero-order chi connectivity index (χ0) is 15.1. The second-order valence-electron chi connectivity index (χ2n) is 6.11. The van der Waals surface area contributed by atoms with Gasteiger partial charge in [0.15, 0.2) is 0 Å². The minimum atomic E-state index is -0.0851. The number of carbonyl (C=O) groups excluding carboxylic acids is 1. The highest BCUT2D eigenvalue weighted by atomic mass is 16.5. The summed E-state index contributed by atoms with van der Waals surface area (Å²) in [6.45, 7) is 2.59. The van der Waals surface area contributed by atoms with Crippen molar-refractivity contribution in [3.8, 4) is 5.75 Å². The Labute approximate surface area is 127 Å². The molecule has 3 nitrogen and oxygen atoms in total. The van der Waals surface area contributed by atoms with Crippen molar-refractivity contribution in [3.05, 3.63) is 29.8 Å². The standard InChI is InChI=1S/C18H26O3/c1-3-10-18(12-13-18)11-4-5-17(19)21-14-15-6-8-16(20-2)9-7-15/h6-9H,3-5,10-14H2,1-2H3. The van der Waals surface area contributed by atoms with Crippen molar-refractivity contribution in [1.29, 1.82) is 0 Å². The monoisotopic (exact) mass is 290 g/mol. The number of carbonyl (C=O) groups is 1. The average molecular weight is 290 g/mol. The molecule has 0 bridgehead atoms.